The van der Waals surface area contributed by atoms with Gasteiger partial charge >= 0.3 is 0 Å². The molecule has 0 aliphatic rings. The number of nitrogens with one attached hydrogen (secondary N) is 1. The van der Waals surface area contributed by atoms with E-state index in [-0.39, 0.29) is 18.4 Å². The third kappa shape index (κ3) is 8.02. The topological polar surface area (TPSA) is 96.0 Å². The number of sulfonamides is 1. The Morgan fingerprint density at radius 3 is 2.12 bits per heavy atom. The van der Waals surface area contributed by atoms with Crippen LogP contribution in [0.25, 0.3) is 0 Å². The molecule has 10 heteroatoms. The second-order valence-corrected chi connectivity index (χ2v) is 11.3. The smallest absolute Gasteiger partial charge is 0.244 e. The number of anilines is 1. The number of carbonyl (C=O) groups excluding carboxylic acids is 2. The number of rotatable bonds is 11. The summed E-state index contributed by atoms with van der Waals surface area (Å²) in [6.45, 7) is 5.78. The van der Waals surface area contributed by atoms with Gasteiger partial charge in [0, 0.05) is 17.6 Å². The quantitative estimate of drug-likeness (QED) is 0.460. The van der Waals surface area contributed by atoms with Gasteiger partial charge in [0.1, 0.15) is 18.3 Å². The number of methoxy groups -OCH3 is 1. The second kappa shape index (κ2) is 12.2. The van der Waals surface area contributed by atoms with Crippen LogP contribution in [0, 0.1) is 5.92 Å². The van der Waals surface area contributed by atoms with E-state index in [1.165, 1.54) is 4.90 Å². The number of hydrogen-bond donors (Lipinski definition) is 1. The van der Waals surface area contributed by atoms with Crippen LogP contribution in [0.5, 0.6) is 5.75 Å². The van der Waals surface area contributed by atoms with Crippen LogP contribution in [0.15, 0.2) is 53.0 Å². The van der Waals surface area contributed by atoms with E-state index in [4.69, 9.17) is 4.74 Å². The Kier molecular flexibility index (Phi) is 9.93. The van der Waals surface area contributed by atoms with E-state index in [1.807, 2.05) is 13.8 Å². The maximum Gasteiger partial charge on any atom is 0.244 e. The summed E-state index contributed by atoms with van der Waals surface area (Å²) in [4.78, 5) is 27.7. The second-order valence-electron chi connectivity index (χ2n) is 8.43. The highest BCUT2D eigenvalue weighted by molar-refractivity contribution is 9.10. The first-order chi connectivity index (χ1) is 15.9. The molecule has 0 aliphatic heterocycles. The third-order valence-corrected chi connectivity index (χ3v) is 6.83. The summed E-state index contributed by atoms with van der Waals surface area (Å²) in [5, 5.41) is 2.85. The predicted octanol–water partition coefficient (Wildman–Crippen LogP) is 3.41. The molecule has 0 radical (unpaired) electrons. The molecular formula is C24H32BrN3O5S. The van der Waals surface area contributed by atoms with Crippen molar-refractivity contribution in [1.29, 1.82) is 0 Å². The first-order valence-electron chi connectivity index (χ1n) is 10.9. The van der Waals surface area contributed by atoms with Gasteiger partial charge in [0.15, 0.2) is 0 Å². The van der Waals surface area contributed by atoms with Crippen LogP contribution in [0.1, 0.15) is 26.3 Å². The average molecular weight is 555 g/mol. The van der Waals surface area contributed by atoms with E-state index in [2.05, 4.69) is 21.2 Å². The highest BCUT2D eigenvalue weighted by Crippen LogP contribution is 2.22. The van der Waals surface area contributed by atoms with Crippen molar-refractivity contribution in [3.63, 3.8) is 0 Å². The Labute approximate surface area is 210 Å². The van der Waals surface area contributed by atoms with Gasteiger partial charge in [-0.05, 0) is 54.8 Å². The average Bonchev–Trinajstić information content (AvgIpc) is 2.79. The Morgan fingerprint density at radius 1 is 1.03 bits per heavy atom. The van der Waals surface area contributed by atoms with E-state index in [0.717, 1.165) is 20.6 Å². The zero-order valence-corrected chi connectivity index (χ0v) is 22.5. The molecule has 0 saturated carbocycles. The van der Waals surface area contributed by atoms with Gasteiger partial charge in [-0.1, -0.05) is 41.9 Å². The fourth-order valence-electron chi connectivity index (χ4n) is 3.18. The van der Waals surface area contributed by atoms with E-state index in [9.17, 15) is 18.0 Å². The van der Waals surface area contributed by atoms with Gasteiger partial charge in [-0.25, -0.2) is 8.42 Å². The van der Waals surface area contributed by atoms with Gasteiger partial charge in [0.05, 0.1) is 19.1 Å². The molecule has 0 aliphatic carbocycles. The van der Waals surface area contributed by atoms with Crippen LogP contribution in [-0.4, -0.2) is 57.6 Å². The number of amides is 2. The summed E-state index contributed by atoms with van der Waals surface area (Å²) in [5.74, 6) is 0.129. The number of halogens is 1. The number of benzene rings is 2. The molecule has 0 spiro atoms. The molecule has 0 aromatic heterocycles. The Balaban J connectivity index is 2.34. The van der Waals surface area contributed by atoms with Crippen LogP contribution in [0.3, 0.4) is 0 Å². The highest BCUT2D eigenvalue weighted by Gasteiger charge is 2.30. The van der Waals surface area contributed by atoms with Crippen LogP contribution >= 0.6 is 15.9 Å². The molecule has 0 saturated heterocycles. The first-order valence-corrected chi connectivity index (χ1v) is 13.5. The van der Waals surface area contributed by atoms with Crippen LogP contribution in [0.2, 0.25) is 0 Å². The lowest BCUT2D eigenvalue weighted by molar-refractivity contribution is -0.139. The van der Waals surface area contributed by atoms with Gasteiger partial charge in [0.2, 0.25) is 21.8 Å². The molecule has 0 bridgehead atoms. The monoisotopic (exact) mass is 553 g/mol. The fourth-order valence-corrected chi connectivity index (χ4v) is 4.30. The molecule has 2 aromatic carbocycles. The van der Waals surface area contributed by atoms with Crippen molar-refractivity contribution in [2.75, 3.05) is 30.8 Å². The summed E-state index contributed by atoms with van der Waals surface area (Å²) in [6, 6.07) is 13.0. The minimum atomic E-state index is -3.76. The van der Waals surface area contributed by atoms with E-state index in [0.29, 0.717) is 18.0 Å². The van der Waals surface area contributed by atoms with Gasteiger partial charge in [-0.2, -0.15) is 0 Å². The zero-order chi connectivity index (χ0) is 25.5. The van der Waals surface area contributed by atoms with Gasteiger partial charge in [0.25, 0.3) is 0 Å². The lowest BCUT2D eigenvalue weighted by atomic mass is 10.1. The number of nitrogens with zero attached hydrogens (tertiary/aromatic N) is 2. The summed E-state index contributed by atoms with van der Waals surface area (Å²) in [6.07, 6.45) is 1.05. The maximum atomic E-state index is 13.5. The van der Waals surface area contributed by atoms with Crippen molar-refractivity contribution in [3.05, 3.63) is 58.6 Å². The standard InChI is InChI=1S/C24H32BrN3O5S/c1-17(2)14-26-24(30)18(3)27(15-19-6-12-22(33-4)13-7-19)23(29)16-28(34(5,31)32)21-10-8-20(25)9-11-21/h6-13,17-18H,14-16H2,1-5H3,(H,26,30)/t18-/m1/s1. The molecule has 0 fully saturated rings. The molecule has 2 rings (SSSR count). The third-order valence-electron chi connectivity index (χ3n) is 5.16. The summed E-state index contributed by atoms with van der Waals surface area (Å²) >= 11 is 3.33. The van der Waals surface area contributed by atoms with E-state index in [1.54, 1.807) is 62.6 Å². The van der Waals surface area contributed by atoms with Crippen LogP contribution in [-0.2, 0) is 26.2 Å². The lowest BCUT2D eigenvalue weighted by Crippen LogP contribution is -2.51. The number of ether oxygens (including phenoxy) is 1. The Hall–Kier alpha value is -2.59. The van der Waals surface area contributed by atoms with Gasteiger partial charge in [-0.15, -0.1) is 0 Å². The molecular weight excluding hydrogens is 522 g/mol. The maximum absolute atomic E-state index is 13.5. The van der Waals surface area contributed by atoms with Crippen LogP contribution in [0.4, 0.5) is 5.69 Å². The molecule has 1 N–H and O–H groups in total. The minimum Gasteiger partial charge on any atom is -0.497 e. The largest absolute Gasteiger partial charge is 0.497 e. The molecule has 1 atom stereocenters. The minimum absolute atomic E-state index is 0.136. The molecule has 186 valence electrons. The van der Waals surface area contributed by atoms with Crippen LogP contribution < -0.4 is 14.4 Å². The Bertz CT molecular complexity index is 1070. The van der Waals surface area contributed by atoms with Crippen molar-refractivity contribution in [3.8, 4) is 5.75 Å². The summed E-state index contributed by atoms with van der Waals surface area (Å²) < 4.78 is 32.1. The molecule has 2 aromatic rings. The number of carbonyl (C=O) groups is 2. The van der Waals surface area contributed by atoms with Gasteiger partial charge in [-0.3, -0.25) is 13.9 Å². The summed E-state index contributed by atoms with van der Waals surface area (Å²) in [7, 11) is -2.19. The molecule has 0 heterocycles. The summed E-state index contributed by atoms with van der Waals surface area (Å²) in [5.41, 5.74) is 1.15. The number of hydrogen-bond acceptors (Lipinski definition) is 5. The van der Waals surface area contributed by atoms with Gasteiger partial charge < -0.3 is 15.0 Å². The van der Waals surface area contributed by atoms with Crippen molar-refractivity contribution in [2.24, 2.45) is 5.92 Å². The van der Waals surface area contributed by atoms with Crippen molar-refractivity contribution in [1.82, 2.24) is 10.2 Å². The Morgan fingerprint density at radius 2 is 1.62 bits per heavy atom. The van der Waals surface area contributed by atoms with E-state index < -0.39 is 28.5 Å². The predicted molar refractivity (Wildman–Crippen MR) is 137 cm³/mol. The first kappa shape index (κ1) is 27.7. The molecule has 2 amide bonds. The molecule has 8 nitrogen and oxygen atoms in total. The van der Waals surface area contributed by atoms with Crippen molar-refractivity contribution >= 4 is 43.5 Å². The SMILES string of the molecule is COc1ccc(CN(C(=O)CN(c2ccc(Br)cc2)S(C)(=O)=O)[C@H](C)C(=O)NCC(C)C)cc1. The molecule has 34 heavy (non-hydrogen) atoms. The van der Waals surface area contributed by atoms with Crippen molar-refractivity contribution < 1.29 is 22.7 Å². The lowest BCUT2D eigenvalue weighted by Gasteiger charge is -2.31. The zero-order valence-electron chi connectivity index (χ0n) is 20.1. The van der Waals surface area contributed by atoms with Crippen molar-refractivity contribution in [2.45, 2.75) is 33.4 Å². The normalized spacial score (nSPS) is 12.2. The fraction of sp³-hybridized carbons (Fsp3) is 0.417. The van der Waals surface area contributed by atoms with E-state index >= 15 is 0 Å². The molecule has 0 unspecified atom stereocenters. The highest BCUT2D eigenvalue weighted by atomic mass is 79.9.